The molecule has 0 aliphatic carbocycles. The first kappa shape index (κ1) is 23.5. The van der Waals surface area contributed by atoms with Gasteiger partial charge in [0.15, 0.2) is 16.6 Å². The van der Waals surface area contributed by atoms with E-state index >= 15 is 0 Å². The van der Waals surface area contributed by atoms with E-state index in [1.165, 1.54) is 12.5 Å². The highest BCUT2D eigenvalue weighted by Crippen LogP contribution is 2.29. The summed E-state index contributed by atoms with van der Waals surface area (Å²) in [6.45, 7) is 14.0. The Labute approximate surface area is 147 Å². The minimum atomic E-state index is -2.17. The normalized spacial score (nSPS) is 15.7. The molecule has 0 rings (SSSR count). The van der Waals surface area contributed by atoms with Gasteiger partial charge >= 0.3 is 8.56 Å². The van der Waals surface area contributed by atoms with Crippen LogP contribution < -0.4 is 16.8 Å². The lowest BCUT2D eigenvalue weighted by Crippen LogP contribution is -2.54. The van der Waals surface area contributed by atoms with Crippen molar-refractivity contribution < 1.29 is 8.23 Å². The number of nitrogens with two attached hydrogens (primary N) is 2. The molecule has 0 spiro atoms. The van der Waals surface area contributed by atoms with Gasteiger partial charge in [0.25, 0.3) is 0 Å². The van der Waals surface area contributed by atoms with Crippen LogP contribution in [-0.2, 0) is 8.23 Å². The van der Waals surface area contributed by atoms with Gasteiger partial charge in [-0.15, -0.1) is 0 Å². The average molecular weight is 380 g/mol. The fourth-order valence-corrected chi connectivity index (χ4v) is 17.5. The third-order valence-corrected chi connectivity index (χ3v) is 16.3. The van der Waals surface area contributed by atoms with Crippen LogP contribution in [0.4, 0.5) is 0 Å². The van der Waals surface area contributed by atoms with E-state index in [-0.39, 0.29) is 0 Å². The van der Waals surface area contributed by atoms with Crippen molar-refractivity contribution in [2.45, 2.75) is 70.1 Å². The second kappa shape index (κ2) is 11.1. The summed E-state index contributed by atoms with van der Waals surface area (Å²) in [6, 6.07) is 3.29. The zero-order chi connectivity index (χ0) is 18.0. The zero-order valence-corrected chi connectivity index (χ0v) is 19.3. The molecule has 5 N–H and O–H groups in total. The second-order valence-electron chi connectivity index (χ2n) is 7.85. The highest BCUT2D eigenvalue weighted by molar-refractivity contribution is 6.88. The number of hydrogen-bond donors (Lipinski definition) is 3. The quantitative estimate of drug-likeness (QED) is 0.319. The topological polar surface area (TPSA) is 82.5 Å². The Bertz CT molecular complexity index is 320. The molecular formula is C15H41N3O2Si3. The fraction of sp³-hybridized carbons (Fsp3) is 1.00. The SMILES string of the molecule is CNCCC[Si](C)(C)O[Si](C)(CCCN)O[Si](C)(C)CCCN. The van der Waals surface area contributed by atoms with Gasteiger partial charge in [0.05, 0.1) is 0 Å². The summed E-state index contributed by atoms with van der Waals surface area (Å²) in [5.74, 6) is 0. The first-order valence-corrected chi connectivity index (χ1v) is 17.8. The van der Waals surface area contributed by atoms with Crippen LogP contribution in [0.25, 0.3) is 0 Å². The lowest BCUT2D eigenvalue weighted by atomic mass is 10.5. The molecule has 0 heterocycles. The molecule has 23 heavy (non-hydrogen) atoms. The first-order valence-electron chi connectivity index (χ1n) is 9.05. The summed E-state index contributed by atoms with van der Waals surface area (Å²) in [5.41, 5.74) is 11.4. The summed E-state index contributed by atoms with van der Waals surface area (Å²) < 4.78 is 13.5. The Morgan fingerprint density at radius 3 is 1.61 bits per heavy atom. The molecule has 1 unspecified atom stereocenters. The molecule has 0 aromatic carbocycles. The molecule has 0 aliphatic heterocycles. The Hall–Kier alpha value is 0.451. The fourth-order valence-electron chi connectivity index (χ4n) is 3.04. The van der Waals surface area contributed by atoms with E-state index < -0.39 is 25.2 Å². The zero-order valence-electron chi connectivity index (χ0n) is 16.3. The number of hydrogen-bond acceptors (Lipinski definition) is 5. The second-order valence-corrected chi connectivity index (χ2v) is 20.3. The molecule has 5 nitrogen and oxygen atoms in total. The summed E-state index contributed by atoms with van der Waals surface area (Å²) in [5, 5.41) is 3.22. The van der Waals surface area contributed by atoms with Crippen LogP contribution in [0.2, 0.25) is 50.9 Å². The van der Waals surface area contributed by atoms with E-state index in [0.717, 1.165) is 38.0 Å². The molecule has 0 bridgehead atoms. The predicted octanol–water partition coefficient (Wildman–Crippen LogP) is 2.81. The van der Waals surface area contributed by atoms with Crippen molar-refractivity contribution >= 4 is 25.2 Å². The Morgan fingerprint density at radius 1 is 0.739 bits per heavy atom. The average Bonchev–Trinajstić information content (AvgIpc) is 2.42. The smallest absolute Gasteiger partial charge is 0.314 e. The summed E-state index contributed by atoms with van der Waals surface area (Å²) in [6.07, 6.45) is 3.21. The van der Waals surface area contributed by atoms with E-state index in [0.29, 0.717) is 6.54 Å². The van der Waals surface area contributed by atoms with Gasteiger partial charge in [0.2, 0.25) is 0 Å². The monoisotopic (exact) mass is 379 g/mol. The van der Waals surface area contributed by atoms with Crippen LogP contribution in [-0.4, -0.2) is 51.9 Å². The Morgan fingerprint density at radius 2 is 1.17 bits per heavy atom. The van der Waals surface area contributed by atoms with Gasteiger partial charge in [-0.1, -0.05) is 0 Å². The first-order chi connectivity index (χ1) is 10.6. The van der Waals surface area contributed by atoms with Crippen molar-refractivity contribution in [1.82, 2.24) is 5.32 Å². The van der Waals surface area contributed by atoms with Gasteiger partial charge in [-0.25, -0.2) is 0 Å². The van der Waals surface area contributed by atoms with E-state index in [9.17, 15) is 0 Å². The van der Waals surface area contributed by atoms with Crippen molar-refractivity contribution in [3.05, 3.63) is 0 Å². The van der Waals surface area contributed by atoms with Gasteiger partial charge in [-0.05, 0) is 96.8 Å². The van der Waals surface area contributed by atoms with Crippen LogP contribution in [0.1, 0.15) is 19.3 Å². The highest BCUT2D eigenvalue weighted by atomic mass is 28.5. The molecule has 0 saturated carbocycles. The van der Waals surface area contributed by atoms with Crippen molar-refractivity contribution in [3.8, 4) is 0 Å². The maximum Gasteiger partial charge on any atom is 0.314 e. The molecule has 8 heteroatoms. The van der Waals surface area contributed by atoms with Gasteiger partial charge in [-0.2, -0.15) is 0 Å². The van der Waals surface area contributed by atoms with Gasteiger partial charge in [0, 0.05) is 0 Å². The summed E-state index contributed by atoms with van der Waals surface area (Å²) in [7, 11) is -3.59. The van der Waals surface area contributed by atoms with E-state index in [1.54, 1.807) is 0 Å². The predicted molar refractivity (Wildman–Crippen MR) is 109 cm³/mol. The van der Waals surface area contributed by atoms with E-state index in [4.69, 9.17) is 19.7 Å². The van der Waals surface area contributed by atoms with Crippen LogP contribution in [0.3, 0.4) is 0 Å². The van der Waals surface area contributed by atoms with Crippen LogP contribution in [0.5, 0.6) is 0 Å². The molecule has 0 aliphatic rings. The van der Waals surface area contributed by atoms with Crippen LogP contribution in [0.15, 0.2) is 0 Å². The molecule has 1 atom stereocenters. The lowest BCUT2D eigenvalue weighted by Gasteiger charge is -2.41. The third kappa shape index (κ3) is 11.6. The van der Waals surface area contributed by atoms with Crippen LogP contribution >= 0.6 is 0 Å². The lowest BCUT2D eigenvalue weighted by molar-refractivity contribution is 0.374. The Balaban J connectivity index is 4.86. The van der Waals surface area contributed by atoms with Gasteiger partial charge < -0.3 is 25.0 Å². The molecule has 0 aromatic rings. The van der Waals surface area contributed by atoms with E-state index in [2.05, 4.69) is 38.1 Å². The van der Waals surface area contributed by atoms with Crippen molar-refractivity contribution in [1.29, 1.82) is 0 Å². The minimum Gasteiger partial charge on any atom is -0.436 e. The number of rotatable bonds is 14. The van der Waals surface area contributed by atoms with E-state index in [1.807, 2.05) is 7.05 Å². The summed E-state index contributed by atoms with van der Waals surface area (Å²) >= 11 is 0. The maximum absolute atomic E-state index is 6.77. The highest BCUT2D eigenvalue weighted by Gasteiger charge is 2.42. The van der Waals surface area contributed by atoms with Gasteiger partial charge in [0.1, 0.15) is 0 Å². The third-order valence-electron chi connectivity index (χ3n) is 4.01. The maximum atomic E-state index is 6.77. The molecule has 0 aromatic heterocycles. The largest absolute Gasteiger partial charge is 0.436 e. The molecule has 140 valence electrons. The summed E-state index contributed by atoms with van der Waals surface area (Å²) in [4.78, 5) is 0. The van der Waals surface area contributed by atoms with Crippen LogP contribution in [0, 0.1) is 0 Å². The number of nitrogens with one attached hydrogen (secondary N) is 1. The van der Waals surface area contributed by atoms with Gasteiger partial charge in [-0.3, -0.25) is 0 Å². The molecule has 0 fully saturated rings. The Kier molecular flexibility index (Phi) is 11.4. The van der Waals surface area contributed by atoms with Crippen molar-refractivity contribution in [2.75, 3.05) is 26.7 Å². The standard InChI is InChI=1S/C15H41N3O2Si3/c1-18-12-9-14-22(4,5)20-23(6,15-8-11-17)19-21(2,3)13-7-10-16/h18H,7-17H2,1-6H3. The van der Waals surface area contributed by atoms with Crippen molar-refractivity contribution in [2.24, 2.45) is 11.5 Å². The molecule has 0 amide bonds. The minimum absolute atomic E-state index is 0.710. The molecule has 0 radical (unpaired) electrons. The molecular weight excluding hydrogens is 338 g/mol. The van der Waals surface area contributed by atoms with Crippen molar-refractivity contribution in [3.63, 3.8) is 0 Å². The molecule has 0 saturated heterocycles.